The zero-order valence-corrected chi connectivity index (χ0v) is 4.77. The van der Waals surface area contributed by atoms with Crippen molar-refractivity contribution in [1.82, 2.24) is 0 Å². The number of carbonyl (C=O) groups is 1. The van der Waals surface area contributed by atoms with Crippen LogP contribution in [0.3, 0.4) is 0 Å². The second-order valence-electron chi connectivity index (χ2n) is 1.77. The van der Waals surface area contributed by atoms with Crippen LogP contribution >= 0.6 is 0 Å². The summed E-state index contributed by atoms with van der Waals surface area (Å²) in [7, 11) is 0. The number of rotatable bonds is 1. The van der Waals surface area contributed by atoms with Gasteiger partial charge in [-0.2, -0.15) is 0 Å². The van der Waals surface area contributed by atoms with E-state index in [-0.39, 0.29) is 5.78 Å². The smallest absolute Gasteiger partial charge is 0.173 e. The summed E-state index contributed by atoms with van der Waals surface area (Å²) in [5.74, 6) is -0.110. The summed E-state index contributed by atoms with van der Waals surface area (Å²) in [4.78, 5) is 14.3. The minimum absolute atomic E-state index is 0.110. The van der Waals surface area contributed by atoms with Gasteiger partial charge >= 0.3 is 0 Å². The van der Waals surface area contributed by atoms with E-state index in [4.69, 9.17) is 2.74 Å². The van der Waals surface area contributed by atoms with Gasteiger partial charge in [0.05, 0.1) is 8.45 Å². The molecule has 0 radical (unpaired) electrons. The van der Waals surface area contributed by atoms with Crippen molar-refractivity contribution >= 4 is 11.5 Å². The number of carbonyl (C=O) groups excluding carboxylic acids is 1. The Balaban J connectivity index is 2.76. The Morgan fingerprint density at radius 2 is 2.75 bits per heavy atom. The van der Waals surface area contributed by atoms with Crippen LogP contribution in [0.1, 0.15) is 22.5 Å². The van der Waals surface area contributed by atoms with E-state index in [1.807, 2.05) is 0 Å². The second kappa shape index (κ2) is 2.07. The van der Waals surface area contributed by atoms with Gasteiger partial charge in [-0.3, -0.25) is 9.79 Å². The first-order valence-electron chi connectivity index (χ1n) is 3.61. The predicted molar refractivity (Wildman–Crippen MR) is 32.2 cm³/mol. The highest BCUT2D eigenvalue weighted by Crippen LogP contribution is 2.03. The molecule has 1 heterocycles. The van der Waals surface area contributed by atoms with Gasteiger partial charge in [-0.15, -0.1) is 0 Å². The summed E-state index contributed by atoms with van der Waals surface area (Å²) in [6, 6.07) is 0. The molecular formula is C6H9NO. The Kier molecular flexibility index (Phi) is 0.876. The quantitative estimate of drug-likeness (QED) is 0.494. The van der Waals surface area contributed by atoms with E-state index in [0.717, 1.165) is 0 Å². The Morgan fingerprint density at radius 3 is 3.00 bits per heavy atom. The molecule has 1 rings (SSSR count). The highest BCUT2D eigenvalue weighted by molar-refractivity contribution is 6.39. The maximum absolute atomic E-state index is 10.6. The molecule has 0 fully saturated rings. The molecule has 0 amide bonds. The molecule has 0 aromatic carbocycles. The van der Waals surface area contributed by atoms with Crippen LogP contribution in [0.5, 0.6) is 0 Å². The molecular weight excluding hydrogens is 102 g/mol. The van der Waals surface area contributed by atoms with Gasteiger partial charge in [0.15, 0.2) is 5.78 Å². The van der Waals surface area contributed by atoms with Gasteiger partial charge in [-0.25, -0.2) is 0 Å². The molecule has 0 bridgehead atoms. The Labute approximate surface area is 51.4 Å². The van der Waals surface area contributed by atoms with Crippen molar-refractivity contribution in [1.29, 1.82) is 0 Å². The number of hydrogen-bond acceptors (Lipinski definition) is 2. The fraction of sp³-hybridized carbons (Fsp3) is 0.667. The third-order valence-electron chi connectivity index (χ3n) is 1.09. The summed E-state index contributed by atoms with van der Waals surface area (Å²) in [5, 5.41) is 0. The molecule has 1 aliphatic heterocycles. The highest BCUT2D eigenvalue weighted by Gasteiger charge is 2.08. The number of hydrogen-bond donors (Lipinski definition) is 0. The van der Waals surface area contributed by atoms with Crippen LogP contribution in [0, 0.1) is 0 Å². The first-order valence-corrected chi connectivity index (χ1v) is 2.61. The number of nitrogens with zero attached hydrogens (tertiary/aromatic N) is 1. The zero-order valence-electron chi connectivity index (χ0n) is 6.77. The van der Waals surface area contributed by atoms with Crippen LogP contribution in [0.4, 0.5) is 0 Å². The lowest BCUT2D eigenvalue weighted by atomic mass is 10.2. The van der Waals surface area contributed by atoms with Crippen molar-refractivity contribution in [3.8, 4) is 0 Å². The lowest BCUT2D eigenvalue weighted by Crippen LogP contribution is -2.04. The second-order valence-corrected chi connectivity index (χ2v) is 1.77. The lowest BCUT2D eigenvalue weighted by Gasteiger charge is -1.86. The Hall–Kier alpha value is -0.660. The van der Waals surface area contributed by atoms with Gasteiger partial charge in [-0.1, -0.05) is 0 Å². The molecule has 0 N–H and O–H groups in total. The molecule has 2 nitrogen and oxygen atoms in total. The van der Waals surface area contributed by atoms with E-state index in [2.05, 4.69) is 4.99 Å². The molecule has 0 aromatic rings. The molecule has 8 heavy (non-hydrogen) atoms. The summed E-state index contributed by atoms with van der Waals surface area (Å²) < 4.78 is 14.3. The van der Waals surface area contributed by atoms with E-state index in [9.17, 15) is 4.79 Å². The van der Waals surface area contributed by atoms with E-state index in [0.29, 0.717) is 18.6 Å². The average Bonchev–Trinajstić information content (AvgIpc) is 2.10. The van der Waals surface area contributed by atoms with Crippen molar-refractivity contribution in [2.45, 2.75) is 19.8 Å². The van der Waals surface area contributed by atoms with Gasteiger partial charge in [0, 0.05) is 13.4 Å². The zero-order chi connectivity index (χ0) is 7.78. The van der Waals surface area contributed by atoms with Gasteiger partial charge in [-0.05, 0) is 12.8 Å². The van der Waals surface area contributed by atoms with Crippen molar-refractivity contribution in [3.05, 3.63) is 0 Å². The fourth-order valence-electron chi connectivity index (χ4n) is 0.636. The summed E-state index contributed by atoms with van der Waals surface area (Å²) in [6.07, 6.45) is 0.838. The monoisotopic (exact) mass is 113 g/mol. The van der Waals surface area contributed by atoms with Crippen LogP contribution < -0.4 is 0 Å². The molecule has 2 heteroatoms. The normalized spacial score (nSPS) is 28.4. The minimum Gasteiger partial charge on any atom is -0.293 e. The van der Waals surface area contributed by atoms with Gasteiger partial charge in [0.1, 0.15) is 0 Å². The highest BCUT2D eigenvalue weighted by atomic mass is 16.1. The number of ketones is 1. The van der Waals surface area contributed by atoms with Crippen molar-refractivity contribution in [2.75, 3.05) is 6.50 Å². The lowest BCUT2D eigenvalue weighted by molar-refractivity contribution is -0.111. The topological polar surface area (TPSA) is 29.4 Å². The third kappa shape index (κ3) is 0.941. The largest absolute Gasteiger partial charge is 0.293 e. The first kappa shape index (κ1) is 3.38. The average molecular weight is 113 g/mol. The Bertz CT molecular complexity index is 198. The minimum atomic E-state index is -1.49. The van der Waals surface area contributed by atoms with Crippen molar-refractivity contribution in [3.63, 3.8) is 0 Å². The summed E-state index contributed by atoms with van der Waals surface area (Å²) in [6.45, 7) is -0.0682. The van der Waals surface area contributed by atoms with Crippen molar-refractivity contribution < 1.29 is 7.54 Å². The molecule has 0 aromatic heterocycles. The van der Waals surface area contributed by atoms with Crippen LogP contribution in [-0.2, 0) is 4.79 Å². The molecule has 1 aliphatic rings. The fourth-order valence-corrected chi connectivity index (χ4v) is 0.636. The van der Waals surface area contributed by atoms with E-state index in [1.165, 1.54) is 6.92 Å². The Morgan fingerprint density at radius 1 is 2.00 bits per heavy atom. The molecule has 0 spiro atoms. The predicted octanol–water partition coefficient (Wildman–Crippen LogP) is 0.810. The van der Waals surface area contributed by atoms with E-state index in [1.54, 1.807) is 0 Å². The van der Waals surface area contributed by atoms with E-state index < -0.39 is 6.50 Å². The maximum Gasteiger partial charge on any atom is 0.173 e. The van der Waals surface area contributed by atoms with Crippen LogP contribution in [0.15, 0.2) is 4.99 Å². The van der Waals surface area contributed by atoms with Gasteiger partial charge in [0.25, 0.3) is 0 Å². The molecule has 0 atom stereocenters. The van der Waals surface area contributed by atoms with Crippen molar-refractivity contribution in [2.24, 2.45) is 4.99 Å². The number of Topliss-reactive ketones (excluding diaryl/α,β-unsaturated/α-hetero) is 1. The standard InChI is InChI=1S/C6H9NO/c1-5(8)6-3-2-4-7-6/h2-4H2,1H3/i4D2. The van der Waals surface area contributed by atoms with Crippen LogP contribution in [0.2, 0.25) is 0 Å². The van der Waals surface area contributed by atoms with E-state index >= 15 is 0 Å². The number of aliphatic imine (C=N–C) groups is 1. The molecule has 0 saturated carbocycles. The van der Waals surface area contributed by atoms with Crippen LogP contribution in [-0.4, -0.2) is 18.0 Å². The summed E-state index contributed by atoms with van der Waals surface area (Å²) >= 11 is 0. The molecule has 0 aliphatic carbocycles. The molecule has 0 unspecified atom stereocenters. The molecule has 0 saturated heterocycles. The van der Waals surface area contributed by atoms with Gasteiger partial charge < -0.3 is 0 Å². The molecule has 44 valence electrons. The van der Waals surface area contributed by atoms with Gasteiger partial charge in [0.2, 0.25) is 0 Å². The first-order chi connectivity index (χ1) is 4.51. The third-order valence-corrected chi connectivity index (χ3v) is 1.09. The SMILES string of the molecule is [2H]C1([2H])CCC(C(C)=O)=N1. The maximum atomic E-state index is 10.6. The summed E-state index contributed by atoms with van der Waals surface area (Å²) in [5.41, 5.74) is 0.394. The van der Waals surface area contributed by atoms with Crippen LogP contribution in [0.25, 0.3) is 0 Å².